The van der Waals surface area contributed by atoms with Crippen LogP contribution in [0.2, 0.25) is 0 Å². The van der Waals surface area contributed by atoms with Crippen LogP contribution in [-0.2, 0) is 4.79 Å². The van der Waals surface area contributed by atoms with Crippen molar-refractivity contribution in [1.82, 2.24) is 9.88 Å². The van der Waals surface area contributed by atoms with Crippen molar-refractivity contribution in [1.29, 1.82) is 0 Å². The van der Waals surface area contributed by atoms with Gasteiger partial charge < -0.3 is 30.6 Å². The van der Waals surface area contributed by atoms with Crippen molar-refractivity contribution in [2.24, 2.45) is 5.92 Å². The Morgan fingerprint density at radius 2 is 1.74 bits per heavy atom. The number of nitrogens with two attached hydrogens (primary N) is 1. The third kappa shape index (κ3) is 4.52. The number of amides is 1. The molecule has 10 nitrogen and oxygen atoms in total. The fourth-order valence-corrected chi connectivity index (χ4v) is 3.60. The van der Waals surface area contributed by atoms with Gasteiger partial charge in [0, 0.05) is 24.2 Å². The zero-order valence-corrected chi connectivity index (χ0v) is 16.9. The molecule has 164 valence electrons. The molecule has 0 saturated carbocycles. The number of benzene rings is 1. The van der Waals surface area contributed by atoms with Gasteiger partial charge in [-0.1, -0.05) is 25.1 Å². The summed E-state index contributed by atoms with van der Waals surface area (Å²) in [5.74, 6) is -3.23. The zero-order valence-electron chi connectivity index (χ0n) is 16.9. The number of carbonyl (C=O) groups is 3. The molecule has 1 aliphatic heterocycles. The average molecular weight is 429 g/mol. The van der Waals surface area contributed by atoms with E-state index in [1.54, 1.807) is 11.0 Å². The predicted octanol–water partition coefficient (Wildman–Crippen LogP) is 1.66. The highest BCUT2D eigenvalue weighted by Gasteiger charge is 2.28. The summed E-state index contributed by atoms with van der Waals surface area (Å²) in [5, 5.41) is 19.2. The number of pyridine rings is 1. The normalized spacial score (nSPS) is 14.3. The average Bonchev–Trinajstić information content (AvgIpc) is 2.71. The van der Waals surface area contributed by atoms with Gasteiger partial charge in [-0.05, 0) is 24.8 Å². The number of H-pyrrole nitrogens is 1. The number of rotatable bonds is 6. The lowest BCUT2D eigenvalue weighted by atomic mass is 9.94. The first-order chi connectivity index (χ1) is 14.7. The Morgan fingerprint density at radius 1 is 1.13 bits per heavy atom. The molecular formula is C21H23N3O7. The van der Waals surface area contributed by atoms with E-state index in [2.05, 4.69) is 11.9 Å². The molecule has 2 heterocycles. The summed E-state index contributed by atoms with van der Waals surface area (Å²) in [4.78, 5) is 52.1. The first-order valence-electron chi connectivity index (χ1n) is 9.73. The van der Waals surface area contributed by atoms with Crippen LogP contribution in [0.15, 0.2) is 29.1 Å². The fraction of sp³-hybridized carbons (Fsp3) is 0.333. The summed E-state index contributed by atoms with van der Waals surface area (Å²) in [6, 6.07) is 6.00. The van der Waals surface area contributed by atoms with Crippen LogP contribution in [0.5, 0.6) is 5.75 Å². The summed E-state index contributed by atoms with van der Waals surface area (Å²) in [6.07, 6.45) is 1.80. The fourth-order valence-electron chi connectivity index (χ4n) is 3.60. The molecule has 1 fully saturated rings. The van der Waals surface area contributed by atoms with E-state index in [0.29, 0.717) is 19.0 Å². The van der Waals surface area contributed by atoms with Crippen LogP contribution < -0.4 is 16.0 Å². The largest absolute Gasteiger partial charge is 0.483 e. The molecule has 0 spiro atoms. The number of ether oxygens (including phenoxy) is 1. The highest BCUT2D eigenvalue weighted by molar-refractivity contribution is 6.08. The number of likely N-dealkylation sites (tertiary alicyclic amines) is 1. The van der Waals surface area contributed by atoms with Gasteiger partial charge in [-0.25, -0.2) is 9.59 Å². The molecule has 1 aliphatic rings. The molecule has 10 heteroatoms. The summed E-state index contributed by atoms with van der Waals surface area (Å²) < 4.78 is 5.65. The van der Waals surface area contributed by atoms with E-state index < -0.39 is 34.4 Å². The monoisotopic (exact) mass is 429 g/mol. The van der Waals surface area contributed by atoms with E-state index in [0.717, 1.165) is 12.8 Å². The van der Waals surface area contributed by atoms with Crippen LogP contribution in [0.3, 0.4) is 0 Å². The van der Waals surface area contributed by atoms with Crippen molar-refractivity contribution in [3.05, 3.63) is 45.7 Å². The first kappa shape index (κ1) is 21.9. The van der Waals surface area contributed by atoms with E-state index >= 15 is 0 Å². The number of aromatic carboxylic acids is 2. The van der Waals surface area contributed by atoms with E-state index in [-0.39, 0.29) is 29.4 Å². The van der Waals surface area contributed by atoms with Crippen molar-refractivity contribution >= 4 is 23.7 Å². The number of nitrogens with one attached hydrogen (secondary N) is 1. The number of piperidine rings is 1. The van der Waals surface area contributed by atoms with E-state index in [1.807, 2.05) is 0 Å². The van der Waals surface area contributed by atoms with Crippen molar-refractivity contribution < 1.29 is 29.3 Å². The number of nitrogens with zero attached hydrogens (tertiary/aromatic N) is 1. The lowest BCUT2D eigenvalue weighted by Gasteiger charge is -2.30. The maximum Gasteiger partial charge on any atom is 0.342 e. The van der Waals surface area contributed by atoms with Crippen molar-refractivity contribution in [2.75, 3.05) is 25.4 Å². The lowest BCUT2D eigenvalue weighted by Crippen LogP contribution is -2.40. The molecule has 2 aromatic rings. The molecule has 0 aliphatic carbocycles. The molecule has 1 aromatic heterocycles. The molecule has 3 rings (SSSR count). The van der Waals surface area contributed by atoms with Crippen LogP contribution in [0.4, 0.5) is 5.82 Å². The van der Waals surface area contributed by atoms with Gasteiger partial charge in [0.25, 0.3) is 11.5 Å². The van der Waals surface area contributed by atoms with Crippen molar-refractivity contribution in [3.63, 3.8) is 0 Å². The number of aromatic amines is 1. The number of aromatic nitrogens is 1. The molecular weight excluding hydrogens is 406 g/mol. The smallest absolute Gasteiger partial charge is 0.342 e. The number of nitrogen functional groups attached to an aromatic ring is 1. The van der Waals surface area contributed by atoms with Crippen LogP contribution in [0, 0.1) is 5.92 Å². The number of carbonyl (C=O) groups excluding carboxylic acids is 1. The molecule has 0 radical (unpaired) electrons. The van der Waals surface area contributed by atoms with Gasteiger partial charge in [-0.2, -0.15) is 0 Å². The summed E-state index contributed by atoms with van der Waals surface area (Å²) in [5.41, 5.74) is 2.95. The Hall–Kier alpha value is -3.82. The number of hydrogen-bond acceptors (Lipinski definition) is 6. The van der Waals surface area contributed by atoms with Gasteiger partial charge in [-0.3, -0.25) is 9.59 Å². The Labute approximate surface area is 177 Å². The quantitative estimate of drug-likeness (QED) is 0.538. The maximum atomic E-state index is 12.5. The minimum absolute atomic E-state index is 0.0372. The second-order valence-corrected chi connectivity index (χ2v) is 7.45. The van der Waals surface area contributed by atoms with Gasteiger partial charge in [0.2, 0.25) is 0 Å². The Kier molecular flexibility index (Phi) is 6.28. The molecule has 1 saturated heterocycles. The molecule has 0 unspecified atom stereocenters. The topological polar surface area (TPSA) is 163 Å². The predicted molar refractivity (Wildman–Crippen MR) is 111 cm³/mol. The summed E-state index contributed by atoms with van der Waals surface area (Å²) >= 11 is 0. The van der Waals surface area contributed by atoms with Gasteiger partial charge in [0.05, 0.1) is 0 Å². The second kappa shape index (κ2) is 8.90. The summed E-state index contributed by atoms with van der Waals surface area (Å²) in [7, 11) is 0. The second-order valence-electron chi connectivity index (χ2n) is 7.45. The number of anilines is 1. The minimum atomic E-state index is -1.62. The van der Waals surface area contributed by atoms with Crippen molar-refractivity contribution in [3.8, 4) is 16.9 Å². The summed E-state index contributed by atoms with van der Waals surface area (Å²) in [6.45, 7) is 3.07. The zero-order chi connectivity index (χ0) is 22.7. The van der Waals surface area contributed by atoms with E-state index in [4.69, 9.17) is 10.5 Å². The third-order valence-corrected chi connectivity index (χ3v) is 5.32. The standard InChI is InChI=1S/C21H23N3O7/c1-11-6-8-24(9-7-11)14(25)10-31-13-5-3-2-4-12(13)15-16(20(27)28)18(22)23-19(26)17(15)21(29)30/h2-5,11H,6-10H2,1H3,(H,27,28)(H,29,30)(H3,22,23,26). The van der Waals surface area contributed by atoms with E-state index in [9.17, 15) is 29.4 Å². The molecule has 5 N–H and O–H groups in total. The highest BCUT2D eigenvalue weighted by Crippen LogP contribution is 2.35. The molecule has 0 bridgehead atoms. The molecule has 1 aromatic carbocycles. The molecule has 1 amide bonds. The Bertz CT molecular complexity index is 1080. The number of carboxylic acids is 2. The number of para-hydroxylation sites is 1. The SMILES string of the molecule is CC1CCN(C(=O)COc2ccccc2-c2c(C(=O)O)c(N)[nH]c(=O)c2C(=O)O)CC1. The number of hydrogen-bond donors (Lipinski definition) is 4. The van der Waals surface area contributed by atoms with Gasteiger partial charge in [-0.15, -0.1) is 0 Å². The van der Waals surface area contributed by atoms with Gasteiger partial charge in [0.1, 0.15) is 22.7 Å². The first-order valence-corrected chi connectivity index (χ1v) is 9.73. The Morgan fingerprint density at radius 3 is 2.35 bits per heavy atom. The minimum Gasteiger partial charge on any atom is -0.483 e. The third-order valence-electron chi connectivity index (χ3n) is 5.32. The number of carboxylic acid groups (broad SMARTS) is 2. The molecule has 0 atom stereocenters. The van der Waals surface area contributed by atoms with Crippen LogP contribution in [0.1, 0.15) is 40.5 Å². The lowest BCUT2D eigenvalue weighted by molar-refractivity contribution is -0.134. The van der Waals surface area contributed by atoms with Crippen LogP contribution in [-0.4, -0.2) is 57.6 Å². The van der Waals surface area contributed by atoms with E-state index in [1.165, 1.54) is 18.2 Å². The molecule has 31 heavy (non-hydrogen) atoms. The van der Waals surface area contributed by atoms with Crippen LogP contribution >= 0.6 is 0 Å². The Balaban J connectivity index is 2.01. The van der Waals surface area contributed by atoms with Crippen molar-refractivity contribution in [2.45, 2.75) is 19.8 Å². The van der Waals surface area contributed by atoms with Gasteiger partial charge in [0.15, 0.2) is 6.61 Å². The highest BCUT2D eigenvalue weighted by atomic mass is 16.5. The van der Waals surface area contributed by atoms with Crippen LogP contribution in [0.25, 0.3) is 11.1 Å². The van der Waals surface area contributed by atoms with Gasteiger partial charge >= 0.3 is 11.9 Å². The maximum absolute atomic E-state index is 12.5.